The van der Waals surface area contributed by atoms with Gasteiger partial charge >= 0.3 is 0 Å². The van der Waals surface area contributed by atoms with Gasteiger partial charge in [0.15, 0.2) is 0 Å². The summed E-state index contributed by atoms with van der Waals surface area (Å²) in [5.41, 5.74) is 7.26. The minimum atomic E-state index is -0.254. The van der Waals surface area contributed by atoms with Crippen molar-refractivity contribution in [2.75, 3.05) is 19.5 Å². The average Bonchev–Trinajstić information content (AvgIpc) is 2.88. The second-order valence-electron chi connectivity index (χ2n) is 4.91. The Morgan fingerprint density at radius 3 is 2.95 bits per heavy atom. The molecular weight excluding hydrogens is 273 g/mol. The molecular formula is C16H16FNO3. The zero-order chi connectivity index (χ0) is 14.8. The molecule has 1 atom stereocenters. The van der Waals surface area contributed by atoms with E-state index in [4.69, 9.17) is 19.9 Å². The second kappa shape index (κ2) is 5.52. The van der Waals surface area contributed by atoms with Crippen LogP contribution in [-0.2, 0) is 6.42 Å². The maximum atomic E-state index is 13.2. The van der Waals surface area contributed by atoms with Gasteiger partial charge in [-0.1, -0.05) is 0 Å². The maximum absolute atomic E-state index is 13.2. The number of fused-ring (bicyclic) bond motifs is 1. The van der Waals surface area contributed by atoms with E-state index in [1.807, 2.05) is 0 Å². The highest BCUT2D eigenvalue weighted by Gasteiger charge is 2.24. The fraction of sp³-hybridized carbons (Fsp3) is 0.250. The van der Waals surface area contributed by atoms with Crippen molar-refractivity contribution >= 4 is 5.69 Å². The smallest absolute Gasteiger partial charge is 0.146 e. The second-order valence-corrected chi connectivity index (χ2v) is 4.91. The van der Waals surface area contributed by atoms with Crippen LogP contribution < -0.4 is 19.9 Å². The van der Waals surface area contributed by atoms with Gasteiger partial charge in [0.25, 0.3) is 0 Å². The minimum Gasteiger partial charge on any atom is -0.497 e. The monoisotopic (exact) mass is 289 g/mol. The van der Waals surface area contributed by atoms with Crippen molar-refractivity contribution in [1.82, 2.24) is 0 Å². The molecule has 0 aliphatic carbocycles. The van der Waals surface area contributed by atoms with Gasteiger partial charge < -0.3 is 19.9 Å². The van der Waals surface area contributed by atoms with Crippen molar-refractivity contribution < 1.29 is 18.6 Å². The number of nitrogens with two attached hydrogens (primary N) is 1. The molecule has 0 fully saturated rings. The van der Waals surface area contributed by atoms with Crippen LogP contribution in [0.15, 0.2) is 36.4 Å². The van der Waals surface area contributed by atoms with E-state index in [2.05, 4.69) is 0 Å². The Hall–Kier alpha value is -2.43. The molecule has 0 saturated heterocycles. The van der Waals surface area contributed by atoms with E-state index in [9.17, 15) is 4.39 Å². The first-order chi connectivity index (χ1) is 10.2. The van der Waals surface area contributed by atoms with Crippen molar-refractivity contribution in [3.63, 3.8) is 0 Å². The highest BCUT2D eigenvalue weighted by molar-refractivity contribution is 5.55. The summed E-state index contributed by atoms with van der Waals surface area (Å²) in [4.78, 5) is 0. The maximum Gasteiger partial charge on any atom is 0.146 e. The predicted octanol–water partition coefficient (Wildman–Crippen LogP) is 2.80. The quantitative estimate of drug-likeness (QED) is 0.879. The third-order valence-electron chi connectivity index (χ3n) is 3.41. The number of methoxy groups -OCH3 is 1. The van der Waals surface area contributed by atoms with E-state index in [0.717, 1.165) is 5.56 Å². The number of nitrogen functional groups attached to an aromatic ring is 1. The van der Waals surface area contributed by atoms with Gasteiger partial charge in [-0.05, 0) is 30.3 Å². The normalized spacial score (nSPS) is 16.2. The first kappa shape index (κ1) is 13.5. The number of hydrogen-bond donors (Lipinski definition) is 1. The number of ether oxygens (including phenoxy) is 3. The Bertz CT molecular complexity index is 660. The van der Waals surface area contributed by atoms with Crippen LogP contribution in [0.2, 0.25) is 0 Å². The van der Waals surface area contributed by atoms with Crippen LogP contribution in [0.3, 0.4) is 0 Å². The summed E-state index contributed by atoms with van der Waals surface area (Å²) in [6.45, 7) is 0.341. The van der Waals surface area contributed by atoms with Gasteiger partial charge in [-0.3, -0.25) is 0 Å². The topological polar surface area (TPSA) is 53.7 Å². The predicted molar refractivity (Wildman–Crippen MR) is 77.4 cm³/mol. The van der Waals surface area contributed by atoms with Crippen molar-refractivity contribution in [1.29, 1.82) is 0 Å². The van der Waals surface area contributed by atoms with Crippen LogP contribution >= 0.6 is 0 Å². The van der Waals surface area contributed by atoms with E-state index in [1.54, 1.807) is 31.4 Å². The molecule has 0 radical (unpaired) electrons. The van der Waals surface area contributed by atoms with Crippen LogP contribution in [0.25, 0.3) is 0 Å². The lowest BCUT2D eigenvalue weighted by atomic mass is 10.1. The van der Waals surface area contributed by atoms with Crippen LogP contribution in [0.1, 0.15) is 5.56 Å². The number of anilines is 1. The van der Waals surface area contributed by atoms with Crippen LogP contribution in [0.4, 0.5) is 10.1 Å². The zero-order valence-electron chi connectivity index (χ0n) is 11.6. The van der Waals surface area contributed by atoms with Crippen LogP contribution in [0.5, 0.6) is 17.2 Å². The van der Waals surface area contributed by atoms with E-state index < -0.39 is 0 Å². The summed E-state index contributed by atoms with van der Waals surface area (Å²) >= 11 is 0. The molecule has 2 aromatic rings. The lowest BCUT2D eigenvalue weighted by Gasteiger charge is -2.14. The Balaban J connectivity index is 1.65. The van der Waals surface area contributed by atoms with Crippen molar-refractivity contribution in [2.45, 2.75) is 12.5 Å². The molecule has 2 N–H and O–H groups in total. The summed E-state index contributed by atoms with van der Waals surface area (Å²) in [5, 5.41) is 0. The summed E-state index contributed by atoms with van der Waals surface area (Å²) in [5.74, 6) is 1.69. The van der Waals surface area contributed by atoms with E-state index in [1.165, 1.54) is 12.1 Å². The van der Waals surface area contributed by atoms with Crippen molar-refractivity contribution in [3.05, 3.63) is 47.8 Å². The lowest BCUT2D eigenvalue weighted by Crippen LogP contribution is -2.22. The van der Waals surface area contributed by atoms with E-state index in [0.29, 0.717) is 36.0 Å². The molecule has 0 saturated carbocycles. The summed E-state index contributed by atoms with van der Waals surface area (Å²) < 4.78 is 29.7. The highest BCUT2D eigenvalue weighted by Crippen LogP contribution is 2.31. The number of halogens is 1. The Morgan fingerprint density at radius 1 is 1.29 bits per heavy atom. The van der Waals surface area contributed by atoms with Crippen LogP contribution in [0, 0.1) is 5.82 Å². The standard InChI is InChI=1S/C16H16FNO3/c1-19-12-3-4-14(18)16(8-12)20-9-13-7-10-6-11(17)2-5-15(10)21-13/h2-6,8,13H,7,9,18H2,1H3. The molecule has 110 valence electrons. The molecule has 0 amide bonds. The molecule has 1 heterocycles. The molecule has 21 heavy (non-hydrogen) atoms. The minimum absolute atomic E-state index is 0.146. The molecule has 4 nitrogen and oxygen atoms in total. The number of benzene rings is 2. The Morgan fingerprint density at radius 2 is 2.14 bits per heavy atom. The molecule has 0 aromatic heterocycles. The van der Waals surface area contributed by atoms with Gasteiger partial charge in [-0.2, -0.15) is 0 Å². The molecule has 2 aromatic carbocycles. The fourth-order valence-corrected chi connectivity index (χ4v) is 2.33. The van der Waals surface area contributed by atoms with Gasteiger partial charge in [-0.15, -0.1) is 0 Å². The molecule has 0 spiro atoms. The molecule has 1 aliphatic heterocycles. The fourth-order valence-electron chi connectivity index (χ4n) is 2.33. The largest absolute Gasteiger partial charge is 0.497 e. The van der Waals surface area contributed by atoms with Gasteiger partial charge in [0.2, 0.25) is 0 Å². The third-order valence-corrected chi connectivity index (χ3v) is 3.41. The lowest BCUT2D eigenvalue weighted by molar-refractivity contribution is 0.149. The van der Waals surface area contributed by atoms with Crippen molar-refractivity contribution in [3.8, 4) is 17.2 Å². The number of hydrogen-bond acceptors (Lipinski definition) is 4. The van der Waals surface area contributed by atoms with E-state index >= 15 is 0 Å². The molecule has 0 bridgehead atoms. The zero-order valence-corrected chi connectivity index (χ0v) is 11.6. The summed E-state index contributed by atoms with van der Waals surface area (Å²) in [7, 11) is 1.58. The van der Waals surface area contributed by atoms with Gasteiger partial charge in [0, 0.05) is 18.1 Å². The van der Waals surface area contributed by atoms with Crippen molar-refractivity contribution in [2.24, 2.45) is 0 Å². The molecule has 3 rings (SSSR count). The first-order valence-corrected chi connectivity index (χ1v) is 6.67. The molecule has 1 unspecified atom stereocenters. The summed E-state index contributed by atoms with van der Waals surface area (Å²) in [6.07, 6.45) is 0.476. The highest BCUT2D eigenvalue weighted by atomic mass is 19.1. The summed E-state index contributed by atoms with van der Waals surface area (Å²) in [6, 6.07) is 9.76. The molecule has 1 aliphatic rings. The first-order valence-electron chi connectivity index (χ1n) is 6.67. The van der Waals surface area contributed by atoms with Crippen LogP contribution in [-0.4, -0.2) is 19.8 Å². The van der Waals surface area contributed by atoms with E-state index in [-0.39, 0.29) is 11.9 Å². The third kappa shape index (κ3) is 2.86. The van der Waals surface area contributed by atoms with Gasteiger partial charge in [0.05, 0.1) is 12.8 Å². The van der Waals surface area contributed by atoms with Gasteiger partial charge in [0.1, 0.15) is 35.8 Å². The SMILES string of the molecule is COc1ccc(N)c(OCC2Cc3cc(F)ccc3O2)c1. The Kier molecular flexibility index (Phi) is 3.56. The number of rotatable bonds is 4. The average molecular weight is 289 g/mol. The van der Waals surface area contributed by atoms with Gasteiger partial charge in [-0.25, -0.2) is 4.39 Å². The Labute approximate surface area is 122 Å². The molecule has 5 heteroatoms.